The Morgan fingerprint density at radius 1 is 1.18 bits per heavy atom. The summed E-state index contributed by atoms with van der Waals surface area (Å²) in [5.41, 5.74) is 0.0363. The number of hydrogen-bond acceptors (Lipinski definition) is 6. The molecule has 33 heavy (non-hydrogen) atoms. The second kappa shape index (κ2) is 14.4. The molecule has 0 heterocycles. The smallest absolute Gasteiger partial charge is 0.266 e. The van der Waals surface area contributed by atoms with Crippen LogP contribution in [0.5, 0.6) is 0 Å². The third-order valence-corrected chi connectivity index (χ3v) is 9.13. The van der Waals surface area contributed by atoms with E-state index in [2.05, 4.69) is 29.0 Å². The maximum absolute atomic E-state index is 13.8. The van der Waals surface area contributed by atoms with Crippen LogP contribution in [0.25, 0.3) is 0 Å². The molecule has 10 heteroatoms. The Morgan fingerprint density at radius 3 is 2.45 bits per heavy atom. The van der Waals surface area contributed by atoms with E-state index in [0.717, 1.165) is 50.8 Å². The largest absolute Gasteiger partial charge is 0.309 e. The van der Waals surface area contributed by atoms with Crippen molar-refractivity contribution in [1.82, 2.24) is 14.9 Å². The van der Waals surface area contributed by atoms with Crippen molar-refractivity contribution in [2.24, 2.45) is 0 Å². The van der Waals surface area contributed by atoms with Crippen molar-refractivity contribution in [3.63, 3.8) is 0 Å². The van der Waals surface area contributed by atoms with Crippen molar-refractivity contribution in [1.29, 1.82) is 0 Å². The van der Waals surface area contributed by atoms with Gasteiger partial charge in [-0.3, -0.25) is 9.52 Å². The third kappa shape index (κ3) is 11.0. The highest BCUT2D eigenvalue weighted by Crippen LogP contribution is 2.31. The van der Waals surface area contributed by atoms with E-state index in [1.165, 1.54) is 25.8 Å². The van der Waals surface area contributed by atoms with Crippen LogP contribution in [-0.4, -0.2) is 84.8 Å². The summed E-state index contributed by atoms with van der Waals surface area (Å²) in [5, 5.41) is 4.71. The van der Waals surface area contributed by atoms with Crippen LogP contribution in [0.15, 0.2) is 0 Å². The number of amides is 1. The molecule has 2 saturated carbocycles. The van der Waals surface area contributed by atoms with Crippen LogP contribution in [0.1, 0.15) is 65.2 Å². The summed E-state index contributed by atoms with van der Waals surface area (Å²) in [6.07, 6.45) is 6.64. The fourth-order valence-electron chi connectivity index (χ4n) is 4.44. The van der Waals surface area contributed by atoms with Crippen molar-refractivity contribution < 1.29 is 23.9 Å². The number of halogens is 2. The van der Waals surface area contributed by atoms with E-state index in [0.29, 0.717) is 30.2 Å². The zero-order chi connectivity index (χ0) is 24.4. The number of quaternary nitrogens is 1. The fourth-order valence-corrected chi connectivity index (χ4v) is 6.90. The van der Waals surface area contributed by atoms with Crippen LogP contribution in [0.4, 0.5) is 8.78 Å². The molecule has 2 aliphatic rings. The Morgan fingerprint density at radius 2 is 1.85 bits per heavy atom. The van der Waals surface area contributed by atoms with Gasteiger partial charge in [0.1, 0.15) is 12.2 Å². The van der Waals surface area contributed by atoms with Gasteiger partial charge in [-0.15, -0.1) is 0 Å². The van der Waals surface area contributed by atoms with Gasteiger partial charge in [0.2, 0.25) is 0 Å². The van der Waals surface area contributed by atoms with Gasteiger partial charge < -0.3 is 10.2 Å². The van der Waals surface area contributed by atoms with Crippen LogP contribution >= 0.6 is 23.7 Å². The molecule has 0 aromatic heterocycles. The molecule has 4 atom stereocenters. The van der Waals surface area contributed by atoms with E-state index in [1.54, 1.807) is 7.11 Å². The molecule has 0 aromatic rings. The molecule has 2 aliphatic carbocycles. The lowest BCUT2D eigenvalue weighted by molar-refractivity contribution is -0.914. The molecule has 4 N–H and O–H groups in total. The number of hydrogen-bond donors (Lipinski definition) is 3. The first kappa shape index (κ1) is 29.1. The number of rotatable bonds is 13. The van der Waals surface area contributed by atoms with Crippen LogP contribution < -0.4 is 15.5 Å². The lowest BCUT2D eigenvalue weighted by Crippen LogP contribution is -2.93. The number of nitrogens with two attached hydrogens (primary N) is 1. The van der Waals surface area contributed by atoms with E-state index in [1.807, 2.05) is 17.2 Å². The van der Waals surface area contributed by atoms with E-state index in [4.69, 9.17) is 4.84 Å². The molecular weight excluding hydrogens is 466 g/mol. The van der Waals surface area contributed by atoms with E-state index >= 15 is 0 Å². The van der Waals surface area contributed by atoms with Crippen LogP contribution in [0.2, 0.25) is 0 Å². The monoisotopic (exact) mass is 511 g/mol. The van der Waals surface area contributed by atoms with E-state index in [9.17, 15) is 13.6 Å². The maximum atomic E-state index is 13.8. The molecule has 6 nitrogen and oxygen atoms in total. The Balaban J connectivity index is 1.89. The second-order valence-corrected chi connectivity index (χ2v) is 12.7. The molecule has 0 aliphatic heterocycles. The SMILES string of the molecule is CO[NH2+]C1CC(SNC(=O)C(C)(C)F)CCC1NC(CCN(C)C)CSC1CCC(F)CC1. The maximum Gasteiger partial charge on any atom is 0.266 e. The van der Waals surface area contributed by atoms with Crippen molar-refractivity contribution in [3.8, 4) is 0 Å². The Kier molecular flexibility index (Phi) is 12.7. The van der Waals surface area contributed by atoms with Gasteiger partial charge in [-0.2, -0.15) is 17.2 Å². The van der Waals surface area contributed by atoms with E-state index in [-0.39, 0.29) is 11.3 Å². The zero-order valence-electron chi connectivity index (χ0n) is 20.9. The number of alkyl halides is 2. The van der Waals surface area contributed by atoms with Crippen molar-refractivity contribution >= 4 is 29.6 Å². The summed E-state index contributed by atoms with van der Waals surface area (Å²) in [4.78, 5) is 19.5. The predicted molar refractivity (Wildman–Crippen MR) is 135 cm³/mol. The summed E-state index contributed by atoms with van der Waals surface area (Å²) in [6, 6.07) is 0.921. The summed E-state index contributed by atoms with van der Waals surface area (Å²) in [5.74, 6) is 0.452. The van der Waals surface area contributed by atoms with Crippen LogP contribution in [0.3, 0.4) is 0 Å². The number of thioether (sulfide) groups is 1. The molecule has 4 unspecified atom stereocenters. The number of nitrogens with one attached hydrogen (secondary N) is 2. The number of carbonyl (C=O) groups excluding carboxylic acids is 1. The number of carbonyl (C=O) groups is 1. The molecule has 0 aromatic carbocycles. The Labute approximate surface area is 207 Å². The van der Waals surface area contributed by atoms with Gasteiger partial charge in [0.05, 0.1) is 13.2 Å². The first-order valence-corrected chi connectivity index (χ1v) is 14.2. The van der Waals surface area contributed by atoms with Gasteiger partial charge in [0.25, 0.3) is 5.91 Å². The first-order chi connectivity index (χ1) is 15.6. The zero-order valence-corrected chi connectivity index (χ0v) is 22.6. The number of nitrogens with zero attached hydrogens (tertiary/aromatic N) is 1. The van der Waals surface area contributed by atoms with Gasteiger partial charge in [-0.05, 0) is 91.4 Å². The quantitative estimate of drug-likeness (QED) is 0.261. The third-order valence-electron chi connectivity index (χ3n) is 6.53. The highest BCUT2D eigenvalue weighted by molar-refractivity contribution is 8.00. The molecule has 0 saturated heterocycles. The lowest BCUT2D eigenvalue weighted by Gasteiger charge is -2.36. The van der Waals surface area contributed by atoms with Crippen LogP contribution in [-0.2, 0) is 9.63 Å². The number of hydroxylamine groups is 1. The minimum atomic E-state index is -1.87. The van der Waals surface area contributed by atoms with Crippen molar-refractivity contribution in [3.05, 3.63) is 0 Å². The molecule has 194 valence electrons. The molecule has 1 amide bonds. The normalized spacial score (nSPS) is 29.8. The average molecular weight is 512 g/mol. The Bertz CT molecular complexity index is 575. The minimum absolute atomic E-state index is 0.227. The standard InChI is InChI=1S/C23H44F2N4O2S2/c1-23(2,25)22(30)28-33-19-10-11-20(21(14-19)27-31-5)26-17(12-13-29(3)4)15-32-18-8-6-16(24)7-9-18/h16-21,26-27H,6-15H2,1-5H3,(H,28,30)/p+1. The van der Waals surface area contributed by atoms with E-state index < -0.39 is 17.7 Å². The summed E-state index contributed by atoms with van der Waals surface area (Å²) in [7, 11) is 5.88. The van der Waals surface area contributed by atoms with Gasteiger partial charge >= 0.3 is 0 Å². The topological polar surface area (TPSA) is 70.2 Å². The van der Waals surface area contributed by atoms with Gasteiger partial charge in [-0.25, -0.2) is 13.6 Å². The molecule has 0 spiro atoms. The van der Waals surface area contributed by atoms with Crippen LogP contribution in [0, 0.1) is 0 Å². The Hall–Kier alpha value is -0.130. The fraction of sp³-hybridized carbons (Fsp3) is 0.957. The van der Waals surface area contributed by atoms with Crippen molar-refractivity contribution in [2.75, 3.05) is 33.5 Å². The van der Waals surface area contributed by atoms with Gasteiger partial charge in [0, 0.05) is 28.7 Å². The van der Waals surface area contributed by atoms with Gasteiger partial charge in [-0.1, -0.05) is 0 Å². The highest BCUT2D eigenvalue weighted by Gasteiger charge is 2.36. The minimum Gasteiger partial charge on any atom is -0.309 e. The first-order valence-electron chi connectivity index (χ1n) is 12.3. The van der Waals surface area contributed by atoms with Gasteiger partial charge in [0.15, 0.2) is 5.67 Å². The molecule has 0 bridgehead atoms. The van der Waals surface area contributed by atoms with Crippen molar-refractivity contribution in [2.45, 2.75) is 106 Å². The molecular formula is C23H45F2N4O2S2+. The second-order valence-electron chi connectivity index (χ2n) is 10.3. The predicted octanol–water partition coefficient (Wildman–Crippen LogP) is 2.84. The summed E-state index contributed by atoms with van der Waals surface area (Å²) < 4.78 is 30.0. The lowest BCUT2D eigenvalue weighted by atomic mass is 9.89. The average Bonchev–Trinajstić information content (AvgIpc) is 2.75. The summed E-state index contributed by atoms with van der Waals surface area (Å²) >= 11 is 3.34. The summed E-state index contributed by atoms with van der Waals surface area (Å²) in [6.45, 7) is 3.57. The molecule has 0 radical (unpaired) electrons. The molecule has 2 rings (SSSR count). The molecule has 2 fully saturated rings. The highest BCUT2D eigenvalue weighted by atomic mass is 32.2.